The molecule has 0 bridgehead atoms. The fourth-order valence-corrected chi connectivity index (χ4v) is 3.00. The molecule has 0 aliphatic carbocycles. The fourth-order valence-electron chi connectivity index (χ4n) is 3.00. The molecule has 27 heavy (non-hydrogen) atoms. The van der Waals surface area contributed by atoms with Gasteiger partial charge in [-0.1, -0.05) is 5.92 Å². The number of anilines is 1. The number of hydrogen-bond donors (Lipinski definition) is 1. The summed E-state index contributed by atoms with van der Waals surface area (Å²) in [6, 6.07) is 15.2. The van der Waals surface area contributed by atoms with Crippen LogP contribution < -0.4 is 10.1 Å². The number of amides is 1. The number of aryl methyl sites for hydroxylation is 1. The summed E-state index contributed by atoms with van der Waals surface area (Å²) < 4.78 is 7.33. The molecule has 134 valence electrons. The number of benzene rings is 2. The number of carbonyl (C=O) groups excluding carboxylic acids is 1. The molecule has 1 N–H and O–H groups in total. The lowest BCUT2D eigenvalue weighted by Gasteiger charge is -2.04. The molecule has 0 radical (unpaired) electrons. The van der Waals surface area contributed by atoms with Crippen LogP contribution in [0.15, 0.2) is 42.5 Å². The molecule has 0 spiro atoms. The number of ether oxygens (including phenoxy) is 1. The second-order valence-electron chi connectivity index (χ2n) is 5.97. The summed E-state index contributed by atoms with van der Waals surface area (Å²) in [5.74, 6) is 6.89. The first-order chi connectivity index (χ1) is 13.1. The van der Waals surface area contributed by atoms with Gasteiger partial charge in [0.15, 0.2) is 0 Å². The van der Waals surface area contributed by atoms with Gasteiger partial charge in [0, 0.05) is 36.2 Å². The zero-order valence-electron chi connectivity index (χ0n) is 15.5. The monoisotopic (exact) mass is 357 g/mol. The van der Waals surface area contributed by atoms with Crippen molar-refractivity contribution >= 4 is 22.5 Å². The third-order valence-corrected chi connectivity index (χ3v) is 4.23. The van der Waals surface area contributed by atoms with Crippen LogP contribution in [0.1, 0.15) is 30.7 Å². The predicted octanol–water partition coefficient (Wildman–Crippen LogP) is 3.90. The van der Waals surface area contributed by atoms with Gasteiger partial charge in [-0.25, -0.2) is 0 Å². The number of nitrogens with one attached hydrogen (secondary N) is 1. The van der Waals surface area contributed by atoms with Crippen LogP contribution in [0.3, 0.4) is 0 Å². The topological polar surface area (TPSA) is 67.0 Å². The van der Waals surface area contributed by atoms with E-state index < -0.39 is 0 Å². The maximum atomic E-state index is 11.1. The van der Waals surface area contributed by atoms with Crippen molar-refractivity contribution in [2.75, 3.05) is 12.4 Å². The van der Waals surface area contributed by atoms with Crippen LogP contribution >= 0.6 is 0 Å². The Hall–Kier alpha value is -3.70. The van der Waals surface area contributed by atoms with Gasteiger partial charge in [0.05, 0.1) is 18.2 Å². The summed E-state index contributed by atoms with van der Waals surface area (Å²) >= 11 is 0. The van der Waals surface area contributed by atoms with Gasteiger partial charge in [-0.05, 0) is 49.2 Å². The normalized spacial score (nSPS) is 10.0. The molecular weight excluding hydrogens is 338 g/mol. The number of fused-ring (bicyclic) bond motifs is 1. The first-order valence-corrected chi connectivity index (χ1v) is 8.57. The number of carbonyl (C=O) groups is 1. The highest BCUT2D eigenvalue weighted by Gasteiger charge is 2.15. The van der Waals surface area contributed by atoms with Gasteiger partial charge in [0.2, 0.25) is 5.91 Å². The summed E-state index contributed by atoms with van der Waals surface area (Å²) in [7, 11) is 1.62. The highest BCUT2D eigenvalue weighted by molar-refractivity contribution is 5.90. The molecule has 2 aromatic carbocycles. The number of nitrogens with zero attached hydrogens (tertiary/aromatic N) is 2. The van der Waals surface area contributed by atoms with Crippen LogP contribution in [-0.2, 0) is 11.3 Å². The number of rotatable bonds is 3. The molecule has 0 saturated carbocycles. The van der Waals surface area contributed by atoms with Crippen molar-refractivity contribution in [1.82, 2.24) is 4.57 Å². The van der Waals surface area contributed by atoms with E-state index in [0.29, 0.717) is 17.8 Å². The van der Waals surface area contributed by atoms with Gasteiger partial charge in [-0.2, -0.15) is 5.26 Å². The van der Waals surface area contributed by atoms with E-state index in [0.717, 1.165) is 27.9 Å². The molecule has 5 nitrogen and oxygen atoms in total. The zero-order valence-corrected chi connectivity index (χ0v) is 15.5. The summed E-state index contributed by atoms with van der Waals surface area (Å²) in [4.78, 5) is 11.1. The predicted molar refractivity (Wildman–Crippen MR) is 106 cm³/mol. The van der Waals surface area contributed by atoms with Crippen LogP contribution in [0.5, 0.6) is 5.75 Å². The molecule has 0 unspecified atom stereocenters. The van der Waals surface area contributed by atoms with Crippen molar-refractivity contribution in [2.24, 2.45) is 0 Å². The molecule has 3 aromatic rings. The van der Waals surface area contributed by atoms with E-state index in [4.69, 9.17) is 4.74 Å². The minimum absolute atomic E-state index is 0.115. The summed E-state index contributed by atoms with van der Waals surface area (Å²) in [5, 5.41) is 13.3. The first-order valence-electron chi connectivity index (χ1n) is 8.57. The third kappa shape index (κ3) is 3.63. The molecule has 0 aliphatic rings. The lowest BCUT2D eigenvalue weighted by molar-refractivity contribution is -0.114. The van der Waals surface area contributed by atoms with Crippen LogP contribution in [0.4, 0.5) is 5.69 Å². The SMILES string of the molecule is CCn1c(C#Cc2ccc(NC(C)=O)cc2)c(C#N)c2ccc(OC)cc21. The Balaban J connectivity index is 2.06. The highest BCUT2D eigenvalue weighted by atomic mass is 16.5. The molecule has 5 heteroatoms. The highest BCUT2D eigenvalue weighted by Crippen LogP contribution is 2.28. The van der Waals surface area contributed by atoms with Crippen molar-refractivity contribution in [3.63, 3.8) is 0 Å². The number of hydrogen-bond acceptors (Lipinski definition) is 3. The molecule has 0 saturated heterocycles. The van der Waals surface area contributed by atoms with Crippen molar-refractivity contribution in [3.8, 4) is 23.7 Å². The molecule has 0 atom stereocenters. The molecule has 3 rings (SSSR count). The van der Waals surface area contributed by atoms with E-state index in [-0.39, 0.29) is 5.91 Å². The Morgan fingerprint density at radius 3 is 2.52 bits per heavy atom. The third-order valence-electron chi connectivity index (χ3n) is 4.23. The molecule has 1 amide bonds. The largest absolute Gasteiger partial charge is 0.497 e. The average Bonchev–Trinajstić information content (AvgIpc) is 2.98. The lowest BCUT2D eigenvalue weighted by Crippen LogP contribution is -2.05. The van der Waals surface area contributed by atoms with Crippen LogP contribution in [0, 0.1) is 23.2 Å². The maximum Gasteiger partial charge on any atom is 0.221 e. The van der Waals surface area contributed by atoms with Gasteiger partial charge in [-0.15, -0.1) is 0 Å². The van der Waals surface area contributed by atoms with Gasteiger partial charge < -0.3 is 14.6 Å². The second-order valence-corrected chi connectivity index (χ2v) is 5.97. The smallest absolute Gasteiger partial charge is 0.221 e. The number of aromatic nitrogens is 1. The Bertz CT molecular complexity index is 1110. The molecule has 1 aromatic heterocycles. The number of methoxy groups -OCH3 is 1. The van der Waals surface area contributed by atoms with E-state index in [1.807, 2.05) is 41.8 Å². The minimum Gasteiger partial charge on any atom is -0.497 e. The van der Waals surface area contributed by atoms with Crippen LogP contribution in [-0.4, -0.2) is 17.6 Å². The van der Waals surface area contributed by atoms with Crippen molar-refractivity contribution in [1.29, 1.82) is 5.26 Å². The second kappa shape index (κ2) is 7.68. The Kier molecular flexibility index (Phi) is 5.15. The zero-order chi connectivity index (χ0) is 19.4. The van der Waals surface area contributed by atoms with Crippen LogP contribution in [0.2, 0.25) is 0 Å². The Morgan fingerprint density at radius 2 is 1.93 bits per heavy atom. The van der Waals surface area contributed by atoms with E-state index in [1.54, 1.807) is 19.2 Å². The quantitative estimate of drug-likeness (QED) is 0.723. The van der Waals surface area contributed by atoms with E-state index in [9.17, 15) is 10.1 Å². The van der Waals surface area contributed by atoms with E-state index in [2.05, 4.69) is 23.2 Å². The molecule has 0 aliphatic heterocycles. The lowest BCUT2D eigenvalue weighted by atomic mass is 10.1. The molecular formula is C22H19N3O2. The summed E-state index contributed by atoms with van der Waals surface area (Å²) in [5.41, 5.74) is 3.71. The van der Waals surface area contributed by atoms with Gasteiger partial charge in [-0.3, -0.25) is 4.79 Å². The minimum atomic E-state index is -0.115. The Morgan fingerprint density at radius 1 is 1.19 bits per heavy atom. The summed E-state index contributed by atoms with van der Waals surface area (Å²) in [6.07, 6.45) is 0. The average molecular weight is 357 g/mol. The van der Waals surface area contributed by atoms with E-state index in [1.165, 1.54) is 6.92 Å². The maximum absolute atomic E-state index is 11.1. The van der Waals surface area contributed by atoms with E-state index >= 15 is 0 Å². The van der Waals surface area contributed by atoms with Gasteiger partial charge in [0.25, 0.3) is 0 Å². The van der Waals surface area contributed by atoms with Crippen molar-refractivity contribution < 1.29 is 9.53 Å². The van der Waals surface area contributed by atoms with Gasteiger partial charge >= 0.3 is 0 Å². The Labute approximate surface area is 158 Å². The first kappa shape index (κ1) is 18.1. The standard InChI is InChI=1S/C22H19N3O2/c1-4-25-21(12-7-16-5-8-17(9-6-16)24-15(2)26)20(14-23)19-11-10-18(27-3)13-22(19)25/h5-6,8-11,13H,4H2,1-3H3,(H,24,26). The summed E-state index contributed by atoms with van der Waals surface area (Å²) in [6.45, 7) is 4.18. The van der Waals surface area contributed by atoms with Crippen molar-refractivity contribution in [3.05, 3.63) is 59.3 Å². The van der Waals surface area contributed by atoms with Gasteiger partial charge in [0.1, 0.15) is 17.5 Å². The fraction of sp³-hybridized carbons (Fsp3) is 0.182. The molecule has 1 heterocycles. The number of nitriles is 1. The molecule has 0 fully saturated rings. The van der Waals surface area contributed by atoms with Crippen LogP contribution in [0.25, 0.3) is 10.9 Å². The van der Waals surface area contributed by atoms with Crippen molar-refractivity contribution in [2.45, 2.75) is 20.4 Å².